The predicted octanol–water partition coefficient (Wildman–Crippen LogP) is 7.33. The molecular weight excluding hydrogens is 276 g/mol. The van der Waals surface area contributed by atoms with E-state index in [0.717, 1.165) is 47.3 Å². The predicted molar refractivity (Wildman–Crippen MR) is 101 cm³/mol. The summed E-state index contributed by atoms with van der Waals surface area (Å²) in [6.45, 7) is 9.89. The molecule has 3 rings (SSSR count). The largest absolute Gasteiger partial charge is 0.0654 e. The molecule has 3 aliphatic rings. The Morgan fingerprint density at radius 1 is 0.913 bits per heavy atom. The van der Waals surface area contributed by atoms with E-state index in [4.69, 9.17) is 0 Å². The van der Waals surface area contributed by atoms with E-state index in [-0.39, 0.29) is 0 Å². The van der Waals surface area contributed by atoms with Crippen LogP contribution in [0.2, 0.25) is 0 Å². The maximum atomic E-state index is 2.61. The van der Waals surface area contributed by atoms with Gasteiger partial charge < -0.3 is 0 Å². The van der Waals surface area contributed by atoms with Gasteiger partial charge in [-0.05, 0) is 92.3 Å². The smallest absolute Gasteiger partial charge is 0.0324 e. The Hall–Kier alpha value is 0. The lowest BCUT2D eigenvalue weighted by Gasteiger charge is -2.50. The van der Waals surface area contributed by atoms with Crippen LogP contribution >= 0.6 is 0 Å². The minimum absolute atomic E-state index is 0.913. The third-order valence-electron chi connectivity index (χ3n) is 8.31. The molecule has 23 heavy (non-hydrogen) atoms. The van der Waals surface area contributed by atoms with Crippen LogP contribution in [0.15, 0.2) is 0 Å². The van der Waals surface area contributed by atoms with Gasteiger partial charge >= 0.3 is 0 Å². The molecule has 0 nitrogen and oxygen atoms in total. The molecule has 0 radical (unpaired) electrons. The first-order valence-corrected chi connectivity index (χ1v) is 11.1. The molecule has 5 atom stereocenters. The van der Waals surface area contributed by atoms with Crippen LogP contribution in [-0.4, -0.2) is 0 Å². The van der Waals surface area contributed by atoms with Crippen LogP contribution in [0.5, 0.6) is 0 Å². The quantitative estimate of drug-likeness (QED) is 0.498. The zero-order valence-electron chi connectivity index (χ0n) is 16.4. The highest BCUT2D eigenvalue weighted by molar-refractivity contribution is 4.97. The topological polar surface area (TPSA) is 0 Å². The highest BCUT2D eigenvalue weighted by Crippen LogP contribution is 2.56. The molecule has 0 aliphatic heterocycles. The summed E-state index contributed by atoms with van der Waals surface area (Å²) < 4.78 is 0. The summed E-state index contributed by atoms with van der Waals surface area (Å²) in [7, 11) is 0. The Morgan fingerprint density at radius 3 is 2.30 bits per heavy atom. The van der Waals surface area contributed by atoms with E-state index < -0.39 is 0 Å². The van der Waals surface area contributed by atoms with Crippen LogP contribution in [-0.2, 0) is 0 Å². The van der Waals surface area contributed by atoms with Crippen molar-refractivity contribution in [2.75, 3.05) is 0 Å². The van der Waals surface area contributed by atoms with Crippen LogP contribution in [0.25, 0.3) is 0 Å². The maximum absolute atomic E-state index is 2.61. The standard InChI is InChI=1S/C23H42/c1-5-6-9-21-17(4)15-20-8-7-10-22(20)23(21)19-13-11-18(12-14-19)16(2)3/h16-23H,5-15H2,1-4H3. The summed E-state index contributed by atoms with van der Waals surface area (Å²) in [6, 6.07) is 0. The van der Waals surface area contributed by atoms with Crippen molar-refractivity contribution in [2.45, 2.75) is 98.3 Å². The van der Waals surface area contributed by atoms with Gasteiger partial charge in [-0.2, -0.15) is 0 Å². The third kappa shape index (κ3) is 3.82. The van der Waals surface area contributed by atoms with E-state index in [1.807, 2.05) is 0 Å². The van der Waals surface area contributed by atoms with Crippen molar-refractivity contribution in [1.29, 1.82) is 0 Å². The molecule has 3 aliphatic carbocycles. The lowest BCUT2D eigenvalue weighted by atomic mass is 9.56. The summed E-state index contributed by atoms with van der Waals surface area (Å²) in [5.41, 5.74) is 0. The maximum Gasteiger partial charge on any atom is -0.0324 e. The molecule has 134 valence electrons. The molecule has 0 bridgehead atoms. The monoisotopic (exact) mass is 318 g/mol. The van der Waals surface area contributed by atoms with E-state index in [2.05, 4.69) is 27.7 Å². The van der Waals surface area contributed by atoms with E-state index in [0.29, 0.717) is 0 Å². The van der Waals surface area contributed by atoms with Gasteiger partial charge in [-0.1, -0.05) is 53.4 Å². The molecule has 0 spiro atoms. The van der Waals surface area contributed by atoms with Crippen molar-refractivity contribution in [3.8, 4) is 0 Å². The van der Waals surface area contributed by atoms with Crippen molar-refractivity contribution in [1.82, 2.24) is 0 Å². The molecule has 0 aromatic carbocycles. The Bertz CT molecular complexity index is 349. The number of hydrogen-bond acceptors (Lipinski definition) is 0. The summed E-state index contributed by atoms with van der Waals surface area (Å²) >= 11 is 0. The summed E-state index contributed by atoms with van der Waals surface area (Å²) in [6.07, 6.45) is 16.8. The van der Waals surface area contributed by atoms with E-state index in [1.165, 1.54) is 32.1 Å². The zero-order chi connectivity index (χ0) is 16.4. The molecule has 3 fully saturated rings. The van der Waals surface area contributed by atoms with Crippen molar-refractivity contribution < 1.29 is 0 Å². The number of rotatable bonds is 5. The minimum Gasteiger partial charge on any atom is -0.0654 e. The fraction of sp³-hybridized carbons (Fsp3) is 1.00. The SMILES string of the molecule is CCCCC1C(C)CC2CCCC2C1C1CCC(C(C)C)CC1. The van der Waals surface area contributed by atoms with Crippen LogP contribution in [0.3, 0.4) is 0 Å². The zero-order valence-corrected chi connectivity index (χ0v) is 16.4. The lowest BCUT2D eigenvalue weighted by Crippen LogP contribution is -2.42. The van der Waals surface area contributed by atoms with Gasteiger partial charge in [0, 0.05) is 0 Å². The van der Waals surface area contributed by atoms with E-state index in [1.54, 1.807) is 38.5 Å². The molecule has 0 aromatic heterocycles. The van der Waals surface area contributed by atoms with Gasteiger partial charge in [-0.3, -0.25) is 0 Å². The summed E-state index contributed by atoms with van der Waals surface area (Å²) in [5, 5.41) is 0. The fourth-order valence-corrected chi connectivity index (χ4v) is 7.03. The van der Waals surface area contributed by atoms with Crippen LogP contribution < -0.4 is 0 Å². The molecule has 5 unspecified atom stereocenters. The summed E-state index contributed by atoms with van der Waals surface area (Å²) in [4.78, 5) is 0. The number of unbranched alkanes of at least 4 members (excludes halogenated alkanes) is 1. The first kappa shape index (κ1) is 17.8. The molecular formula is C23H42. The molecule has 0 saturated heterocycles. The van der Waals surface area contributed by atoms with Gasteiger partial charge in [0.15, 0.2) is 0 Å². The molecule has 0 aromatic rings. The third-order valence-corrected chi connectivity index (χ3v) is 8.31. The van der Waals surface area contributed by atoms with Crippen molar-refractivity contribution >= 4 is 0 Å². The second-order valence-corrected chi connectivity index (χ2v) is 9.87. The van der Waals surface area contributed by atoms with Crippen LogP contribution in [0.4, 0.5) is 0 Å². The van der Waals surface area contributed by atoms with Gasteiger partial charge in [-0.15, -0.1) is 0 Å². The summed E-state index contributed by atoms with van der Waals surface area (Å²) in [5.74, 6) is 8.43. The molecule has 0 amide bonds. The van der Waals surface area contributed by atoms with E-state index >= 15 is 0 Å². The normalized spacial score (nSPS) is 44.5. The highest BCUT2D eigenvalue weighted by Gasteiger charge is 2.47. The van der Waals surface area contributed by atoms with Crippen molar-refractivity contribution in [2.24, 2.45) is 47.3 Å². The Morgan fingerprint density at radius 2 is 1.65 bits per heavy atom. The van der Waals surface area contributed by atoms with Crippen LogP contribution in [0.1, 0.15) is 98.3 Å². The highest BCUT2D eigenvalue weighted by atomic mass is 14.5. The minimum atomic E-state index is 0.913. The second-order valence-electron chi connectivity index (χ2n) is 9.87. The Kier molecular flexibility index (Phi) is 6.13. The van der Waals surface area contributed by atoms with Gasteiger partial charge in [0.25, 0.3) is 0 Å². The van der Waals surface area contributed by atoms with Gasteiger partial charge in [-0.25, -0.2) is 0 Å². The average Bonchev–Trinajstić information content (AvgIpc) is 3.00. The first-order chi connectivity index (χ1) is 11.1. The first-order valence-electron chi connectivity index (χ1n) is 11.1. The van der Waals surface area contributed by atoms with Crippen molar-refractivity contribution in [3.63, 3.8) is 0 Å². The second kappa shape index (κ2) is 7.92. The van der Waals surface area contributed by atoms with Gasteiger partial charge in [0.05, 0.1) is 0 Å². The lowest BCUT2D eigenvalue weighted by molar-refractivity contribution is -0.00486. The Labute approximate surface area is 146 Å². The molecule has 0 N–H and O–H groups in total. The van der Waals surface area contributed by atoms with Crippen LogP contribution in [0, 0.1) is 47.3 Å². The average molecular weight is 319 g/mol. The van der Waals surface area contributed by atoms with Gasteiger partial charge in [0.1, 0.15) is 0 Å². The molecule has 0 heterocycles. The van der Waals surface area contributed by atoms with E-state index in [9.17, 15) is 0 Å². The number of fused-ring (bicyclic) bond motifs is 1. The van der Waals surface area contributed by atoms with Gasteiger partial charge in [0.2, 0.25) is 0 Å². The Balaban J connectivity index is 1.71. The molecule has 3 saturated carbocycles. The van der Waals surface area contributed by atoms with Crippen molar-refractivity contribution in [3.05, 3.63) is 0 Å². The fourth-order valence-electron chi connectivity index (χ4n) is 7.03. The number of hydrogen-bond donors (Lipinski definition) is 0. The molecule has 0 heteroatoms.